The monoisotopic (exact) mass is 289 g/mol. The minimum Gasteiger partial charge on any atom is -0.310 e. The van der Waals surface area contributed by atoms with Gasteiger partial charge < -0.3 is 10.3 Å². The zero-order valence-electron chi connectivity index (χ0n) is 11.4. The molecule has 0 aliphatic heterocycles. The zero-order valence-corrected chi connectivity index (χ0v) is 12.2. The summed E-state index contributed by atoms with van der Waals surface area (Å²) < 4.78 is 0.724. The number of fused-ring (bicyclic) bond motifs is 3. The molecule has 3 atom stereocenters. The molecule has 2 N–H and O–H groups in total. The van der Waals surface area contributed by atoms with Crippen LogP contribution in [0.2, 0.25) is 0 Å². The quantitative estimate of drug-likeness (QED) is 0.909. The van der Waals surface area contributed by atoms with Gasteiger partial charge in [-0.2, -0.15) is 0 Å². The Hall–Kier alpha value is -1.20. The topological polar surface area (TPSA) is 57.8 Å². The molecule has 4 rings (SSSR count). The highest BCUT2D eigenvalue weighted by molar-refractivity contribution is 7.17. The predicted octanol–water partition coefficient (Wildman–Crippen LogP) is 2.51. The molecule has 0 saturated heterocycles. The summed E-state index contributed by atoms with van der Waals surface area (Å²) >= 11 is 1.45. The molecule has 2 aliphatic rings. The zero-order chi connectivity index (χ0) is 13.5. The van der Waals surface area contributed by atoms with Crippen molar-refractivity contribution in [2.24, 2.45) is 17.8 Å². The van der Waals surface area contributed by atoms with Gasteiger partial charge in [-0.15, -0.1) is 11.3 Å². The Morgan fingerprint density at radius 2 is 2.35 bits per heavy atom. The van der Waals surface area contributed by atoms with E-state index in [4.69, 9.17) is 0 Å². The van der Waals surface area contributed by atoms with Crippen LogP contribution in [-0.4, -0.2) is 16.5 Å². The van der Waals surface area contributed by atoms with Crippen molar-refractivity contribution in [2.45, 2.75) is 32.2 Å². The third-order valence-corrected chi connectivity index (χ3v) is 5.85. The molecule has 0 aromatic carbocycles. The molecule has 2 aliphatic carbocycles. The number of nitrogens with zero attached hydrogens (tertiary/aromatic N) is 1. The average molecular weight is 289 g/mol. The lowest BCUT2D eigenvalue weighted by molar-refractivity contribution is 0.317. The molecular weight excluding hydrogens is 270 g/mol. The fourth-order valence-corrected chi connectivity index (χ4v) is 4.73. The van der Waals surface area contributed by atoms with E-state index < -0.39 is 0 Å². The normalized spacial score (nSPS) is 28.5. The Labute approximate surface area is 121 Å². The van der Waals surface area contributed by atoms with Crippen molar-refractivity contribution in [1.29, 1.82) is 0 Å². The molecule has 5 heteroatoms. The van der Waals surface area contributed by atoms with Gasteiger partial charge in [0.25, 0.3) is 5.56 Å². The molecular formula is C15H19N3OS. The van der Waals surface area contributed by atoms with Gasteiger partial charge in [-0.1, -0.05) is 6.42 Å². The second-order valence-electron chi connectivity index (χ2n) is 6.21. The lowest BCUT2D eigenvalue weighted by Crippen LogP contribution is -2.27. The summed E-state index contributed by atoms with van der Waals surface area (Å²) in [5, 5.41) is 5.40. The number of H-pyrrole nitrogens is 1. The molecule has 106 valence electrons. The first-order chi connectivity index (χ1) is 9.79. The molecule has 2 bridgehead atoms. The first kappa shape index (κ1) is 12.5. The molecule has 4 nitrogen and oxygen atoms in total. The predicted molar refractivity (Wildman–Crippen MR) is 80.9 cm³/mol. The van der Waals surface area contributed by atoms with E-state index in [0.717, 1.165) is 40.3 Å². The van der Waals surface area contributed by atoms with Gasteiger partial charge in [-0.05, 0) is 55.0 Å². The maximum Gasteiger partial charge on any atom is 0.268 e. The van der Waals surface area contributed by atoms with Gasteiger partial charge in [0.2, 0.25) is 0 Å². The molecule has 3 unspecified atom stereocenters. The lowest BCUT2D eigenvalue weighted by Gasteiger charge is -2.21. The van der Waals surface area contributed by atoms with E-state index in [-0.39, 0.29) is 5.56 Å². The van der Waals surface area contributed by atoms with E-state index in [1.54, 1.807) is 0 Å². The fourth-order valence-electron chi connectivity index (χ4n) is 4.01. The Morgan fingerprint density at radius 3 is 3.15 bits per heavy atom. The highest BCUT2D eigenvalue weighted by atomic mass is 32.1. The molecule has 2 saturated carbocycles. The van der Waals surface area contributed by atoms with Crippen LogP contribution in [0.15, 0.2) is 16.2 Å². The van der Waals surface area contributed by atoms with E-state index in [9.17, 15) is 4.79 Å². The smallest absolute Gasteiger partial charge is 0.268 e. The SMILES string of the molecule is O=c1[nH]c(CNCC2CC3CCC2C3)nc2ccsc12. The molecule has 0 radical (unpaired) electrons. The average Bonchev–Trinajstić information content (AvgIpc) is 3.13. The first-order valence-electron chi connectivity index (χ1n) is 7.46. The Balaban J connectivity index is 1.39. The van der Waals surface area contributed by atoms with E-state index in [1.807, 2.05) is 11.4 Å². The summed E-state index contributed by atoms with van der Waals surface area (Å²) in [6.07, 6.45) is 5.71. The van der Waals surface area contributed by atoms with Crippen molar-refractivity contribution >= 4 is 21.6 Å². The van der Waals surface area contributed by atoms with Crippen molar-refractivity contribution in [3.63, 3.8) is 0 Å². The standard InChI is InChI=1S/C15H19N3OS/c19-15-14-12(3-4-20-14)17-13(18-15)8-16-7-11-6-9-1-2-10(11)5-9/h3-4,9-11,16H,1-2,5-8H2,(H,17,18,19). The Morgan fingerprint density at radius 1 is 1.40 bits per heavy atom. The van der Waals surface area contributed by atoms with Crippen molar-refractivity contribution in [3.05, 3.63) is 27.6 Å². The van der Waals surface area contributed by atoms with Crippen LogP contribution in [0.3, 0.4) is 0 Å². The van der Waals surface area contributed by atoms with Gasteiger partial charge >= 0.3 is 0 Å². The number of nitrogens with one attached hydrogen (secondary N) is 2. The first-order valence-corrected chi connectivity index (χ1v) is 8.34. The third kappa shape index (κ3) is 2.19. The van der Waals surface area contributed by atoms with Gasteiger partial charge in [0.05, 0.1) is 12.1 Å². The van der Waals surface area contributed by atoms with Crippen LogP contribution < -0.4 is 10.9 Å². The van der Waals surface area contributed by atoms with E-state index in [0.29, 0.717) is 6.54 Å². The number of hydrogen-bond acceptors (Lipinski definition) is 4. The molecule has 0 amide bonds. The molecule has 2 aromatic heterocycles. The molecule has 20 heavy (non-hydrogen) atoms. The summed E-state index contributed by atoms with van der Waals surface area (Å²) in [6, 6.07) is 1.91. The molecule has 2 aromatic rings. The maximum atomic E-state index is 11.9. The van der Waals surface area contributed by atoms with Gasteiger partial charge in [-0.3, -0.25) is 4.79 Å². The van der Waals surface area contributed by atoms with Gasteiger partial charge in [-0.25, -0.2) is 4.98 Å². The van der Waals surface area contributed by atoms with E-state index in [2.05, 4.69) is 15.3 Å². The van der Waals surface area contributed by atoms with Crippen LogP contribution in [0.1, 0.15) is 31.5 Å². The largest absolute Gasteiger partial charge is 0.310 e. The molecule has 0 spiro atoms. The number of aromatic nitrogens is 2. The number of thiophene rings is 1. The van der Waals surface area contributed by atoms with Crippen LogP contribution in [0, 0.1) is 17.8 Å². The lowest BCUT2D eigenvalue weighted by atomic mass is 9.89. The van der Waals surface area contributed by atoms with Crippen molar-refractivity contribution < 1.29 is 0 Å². The minimum atomic E-state index is -0.0123. The molecule has 2 fully saturated rings. The second-order valence-corrected chi connectivity index (χ2v) is 7.13. The Bertz CT molecular complexity index is 677. The summed E-state index contributed by atoms with van der Waals surface area (Å²) in [6.45, 7) is 1.72. The van der Waals surface area contributed by atoms with Gasteiger partial charge in [0.1, 0.15) is 10.5 Å². The van der Waals surface area contributed by atoms with Gasteiger partial charge in [0.15, 0.2) is 0 Å². The summed E-state index contributed by atoms with van der Waals surface area (Å²) in [4.78, 5) is 19.2. The van der Waals surface area contributed by atoms with Crippen molar-refractivity contribution in [3.8, 4) is 0 Å². The van der Waals surface area contributed by atoms with Crippen LogP contribution in [0.25, 0.3) is 10.2 Å². The number of hydrogen-bond donors (Lipinski definition) is 2. The third-order valence-electron chi connectivity index (χ3n) is 4.95. The highest BCUT2D eigenvalue weighted by Gasteiger charge is 2.38. The van der Waals surface area contributed by atoms with E-state index in [1.165, 1.54) is 37.0 Å². The minimum absolute atomic E-state index is 0.0123. The fraction of sp³-hybridized carbons (Fsp3) is 0.600. The highest BCUT2D eigenvalue weighted by Crippen LogP contribution is 2.47. The number of rotatable bonds is 4. The summed E-state index contributed by atoms with van der Waals surface area (Å²) in [7, 11) is 0. The van der Waals surface area contributed by atoms with Gasteiger partial charge in [0, 0.05) is 0 Å². The van der Waals surface area contributed by atoms with E-state index >= 15 is 0 Å². The van der Waals surface area contributed by atoms with Crippen LogP contribution in [0.5, 0.6) is 0 Å². The second kappa shape index (κ2) is 4.97. The van der Waals surface area contributed by atoms with Crippen LogP contribution in [-0.2, 0) is 6.54 Å². The summed E-state index contributed by atoms with van der Waals surface area (Å²) in [5.41, 5.74) is 0.803. The number of aromatic amines is 1. The van der Waals surface area contributed by atoms with Crippen LogP contribution in [0.4, 0.5) is 0 Å². The summed E-state index contributed by atoms with van der Waals surface area (Å²) in [5.74, 6) is 3.53. The molecule has 2 heterocycles. The van der Waals surface area contributed by atoms with Crippen molar-refractivity contribution in [1.82, 2.24) is 15.3 Å². The Kier molecular flexibility index (Phi) is 3.11. The maximum absolute atomic E-state index is 11.9. The van der Waals surface area contributed by atoms with Crippen LogP contribution >= 0.6 is 11.3 Å². The van der Waals surface area contributed by atoms with Crippen molar-refractivity contribution in [2.75, 3.05) is 6.54 Å².